The number of carbonyl (C=O) groups is 2. The summed E-state index contributed by atoms with van der Waals surface area (Å²) in [5, 5.41) is 8.54. The first-order valence-corrected chi connectivity index (χ1v) is 6.74. The maximum atomic E-state index is 12.2. The summed E-state index contributed by atoms with van der Waals surface area (Å²) in [6, 6.07) is 3.31. The summed E-state index contributed by atoms with van der Waals surface area (Å²) < 4.78 is 0. The van der Waals surface area contributed by atoms with E-state index in [9.17, 15) is 9.59 Å². The number of hydrogen-bond donors (Lipinski definition) is 1. The topological polar surface area (TPSA) is 70.5 Å². The molecule has 0 saturated carbocycles. The number of nitrogens with zero attached hydrogens (tertiary/aromatic N) is 2. The minimum absolute atomic E-state index is 0.0882. The largest absolute Gasteiger partial charge is 0.478 e. The van der Waals surface area contributed by atoms with Crippen molar-refractivity contribution in [2.75, 3.05) is 13.1 Å². The average molecular weight is 276 g/mol. The second kappa shape index (κ2) is 8.09. The molecule has 0 radical (unpaired) electrons. The molecule has 0 aromatic carbocycles. The quantitative estimate of drug-likeness (QED) is 0.776. The van der Waals surface area contributed by atoms with Gasteiger partial charge in [0.15, 0.2) is 0 Å². The molecule has 1 heterocycles. The maximum absolute atomic E-state index is 12.2. The Labute approximate surface area is 118 Å². The number of carboxylic acids is 1. The first-order valence-electron chi connectivity index (χ1n) is 6.74. The Morgan fingerprint density at radius 2 is 2.10 bits per heavy atom. The van der Waals surface area contributed by atoms with Crippen molar-refractivity contribution in [1.82, 2.24) is 9.88 Å². The molecule has 1 rings (SSSR count). The number of hydrogen-bond acceptors (Lipinski definition) is 3. The lowest BCUT2D eigenvalue weighted by Gasteiger charge is -2.20. The van der Waals surface area contributed by atoms with Gasteiger partial charge < -0.3 is 10.0 Å². The highest BCUT2D eigenvalue weighted by molar-refractivity contribution is 5.92. The second-order valence-corrected chi connectivity index (χ2v) is 4.39. The van der Waals surface area contributed by atoms with Gasteiger partial charge in [-0.2, -0.15) is 0 Å². The summed E-state index contributed by atoms with van der Waals surface area (Å²) in [4.78, 5) is 28.5. The third kappa shape index (κ3) is 4.84. The fourth-order valence-corrected chi connectivity index (χ4v) is 1.71. The zero-order chi connectivity index (χ0) is 15.0. The Kier molecular flexibility index (Phi) is 6.43. The van der Waals surface area contributed by atoms with Crippen LogP contribution in [0.15, 0.2) is 24.4 Å². The molecule has 0 aliphatic rings. The smallest absolute Gasteiger partial charge is 0.328 e. The fraction of sp³-hybridized carbons (Fsp3) is 0.400. The van der Waals surface area contributed by atoms with Crippen molar-refractivity contribution in [1.29, 1.82) is 0 Å². The van der Waals surface area contributed by atoms with E-state index in [1.165, 1.54) is 12.3 Å². The molecule has 0 atom stereocenters. The molecular formula is C15H20N2O3. The molecule has 0 unspecified atom stereocenters. The van der Waals surface area contributed by atoms with Crippen LogP contribution in [-0.2, 0) is 4.79 Å². The van der Waals surface area contributed by atoms with E-state index in [1.807, 2.05) is 6.92 Å². The standard InChI is InChI=1S/C15H20N2O3/c1-3-5-10-17(4-2)15(20)13-8-6-12(11-16-13)7-9-14(18)19/h6-9,11H,3-5,10H2,1-2H3,(H,18,19). The van der Waals surface area contributed by atoms with Gasteiger partial charge in [-0.15, -0.1) is 0 Å². The van der Waals surface area contributed by atoms with E-state index in [1.54, 1.807) is 17.0 Å². The first kappa shape index (κ1) is 15.9. The maximum Gasteiger partial charge on any atom is 0.328 e. The van der Waals surface area contributed by atoms with Crippen LogP contribution in [0, 0.1) is 0 Å². The minimum atomic E-state index is -1.01. The van der Waals surface area contributed by atoms with Crippen molar-refractivity contribution in [2.45, 2.75) is 26.7 Å². The van der Waals surface area contributed by atoms with Crippen LogP contribution in [0.2, 0.25) is 0 Å². The first-order chi connectivity index (χ1) is 9.58. The van der Waals surface area contributed by atoms with Gasteiger partial charge in [0.25, 0.3) is 5.91 Å². The van der Waals surface area contributed by atoms with Gasteiger partial charge in [-0.05, 0) is 31.1 Å². The molecule has 0 aliphatic heterocycles. The van der Waals surface area contributed by atoms with Crippen LogP contribution in [0.25, 0.3) is 6.08 Å². The number of unbranched alkanes of at least 4 members (excludes halogenated alkanes) is 1. The number of aliphatic carboxylic acids is 1. The van der Waals surface area contributed by atoms with E-state index in [4.69, 9.17) is 5.11 Å². The lowest BCUT2D eigenvalue weighted by molar-refractivity contribution is -0.131. The van der Waals surface area contributed by atoms with Crippen molar-refractivity contribution in [2.24, 2.45) is 0 Å². The minimum Gasteiger partial charge on any atom is -0.478 e. The van der Waals surface area contributed by atoms with Crippen molar-refractivity contribution in [3.05, 3.63) is 35.7 Å². The predicted molar refractivity (Wildman–Crippen MR) is 77.4 cm³/mol. The molecule has 1 N–H and O–H groups in total. The number of aromatic nitrogens is 1. The molecule has 0 spiro atoms. The summed E-state index contributed by atoms with van der Waals surface area (Å²) in [5.74, 6) is -1.10. The van der Waals surface area contributed by atoms with Crippen LogP contribution in [0.4, 0.5) is 0 Å². The van der Waals surface area contributed by atoms with E-state index in [0.717, 1.165) is 25.5 Å². The van der Waals surface area contributed by atoms with E-state index >= 15 is 0 Å². The molecule has 1 aromatic heterocycles. The molecule has 1 aromatic rings. The summed E-state index contributed by atoms with van der Waals surface area (Å²) in [6.45, 7) is 5.41. The van der Waals surface area contributed by atoms with Crippen LogP contribution in [0.1, 0.15) is 42.7 Å². The Hall–Kier alpha value is -2.17. The van der Waals surface area contributed by atoms with Crippen LogP contribution in [-0.4, -0.2) is 40.0 Å². The van der Waals surface area contributed by atoms with Crippen LogP contribution < -0.4 is 0 Å². The number of carbonyl (C=O) groups excluding carboxylic acids is 1. The van der Waals surface area contributed by atoms with Gasteiger partial charge in [0, 0.05) is 25.4 Å². The summed E-state index contributed by atoms with van der Waals surface area (Å²) in [6.07, 6.45) is 5.99. The van der Waals surface area contributed by atoms with E-state index in [-0.39, 0.29) is 5.91 Å². The van der Waals surface area contributed by atoms with E-state index in [0.29, 0.717) is 17.8 Å². The molecule has 0 saturated heterocycles. The van der Waals surface area contributed by atoms with Gasteiger partial charge in [0.2, 0.25) is 0 Å². The monoisotopic (exact) mass is 276 g/mol. The summed E-state index contributed by atoms with van der Waals surface area (Å²) in [5.41, 5.74) is 1.04. The summed E-state index contributed by atoms with van der Waals surface area (Å²) >= 11 is 0. The van der Waals surface area contributed by atoms with Crippen molar-refractivity contribution < 1.29 is 14.7 Å². The third-order valence-electron chi connectivity index (χ3n) is 2.87. The molecule has 5 heteroatoms. The van der Waals surface area contributed by atoms with Crippen molar-refractivity contribution in [3.63, 3.8) is 0 Å². The molecule has 0 bridgehead atoms. The molecule has 20 heavy (non-hydrogen) atoms. The third-order valence-corrected chi connectivity index (χ3v) is 2.87. The number of amides is 1. The number of pyridine rings is 1. The van der Waals surface area contributed by atoms with Gasteiger partial charge in [0.1, 0.15) is 5.69 Å². The SMILES string of the molecule is CCCCN(CC)C(=O)c1ccc(C=CC(=O)O)cn1. The lowest BCUT2D eigenvalue weighted by Crippen LogP contribution is -2.32. The molecular weight excluding hydrogens is 256 g/mol. The van der Waals surface area contributed by atoms with Gasteiger partial charge in [-0.25, -0.2) is 4.79 Å². The molecule has 0 aliphatic carbocycles. The fourth-order valence-electron chi connectivity index (χ4n) is 1.71. The Balaban J connectivity index is 2.76. The number of carboxylic acid groups (broad SMARTS) is 1. The van der Waals surface area contributed by atoms with Crippen molar-refractivity contribution in [3.8, 4) is 0 Å². The molecule has 1 amide bonds. The second-order valence-electron chi connectivity index (χ2n) is 4.39. The Morgan fingerprint density at radius 3 is 2.60 bits per heavy atom. The van der Waals surface area contributed by atoms with Gasteiger partial charge in [-0.3, -0.25) is 9.78 Å². The summed E-state index contributed by atoms with van der Waals surface area (Å²) in [7, 11) is 0. The van der Waals surface area contributed by atoms with E-state index < -0.39 is 5.97 Å². The normalized spacial score (nSPS) is 10.7. The molecule has 108 valence electrons. The highest BCUT2D eigenvalue weighted by atomic mass is 16.4. The zero-order valence-electron chi connectivity index (χ0n) is 11.9. The van der Waals surface area contributed by atoms with Gasteiger partial charge in [0.05, 0.1) is 0 Å². The highest BCUT2D eigenvalue weighted by Gasteiger charge is 2.14. The van der Waals surface area contributed by atoms with Crippen LogP contribution in [0.5, 0.6) is 0 Å². The molecule has 5 nitrogen and oxygen atoms in total. The average Bonchev–Trinajstić information content (AvgIpc) is 2.46. The zero-order valence-corrected chi connectivity index (χ0v) is 11.9. The van der Waals surface area contributed by atoms with Crippen LogP contribution >= 0.6 is 0 Å². The highest BCUT2D eigenvalue weighted by Crippen LogP contribution is 2.07. The Bertz CT molecular complexity index is 480. The van der Waals surface area contributed by atoms with Gasteiger partial charge in [-0.1, -0.05) is 19.4 Å². The van der Waals surface area contributed by atoms with E-state index in [2.05, 4.69) is 11.9 Å². The van der Waals surface area contributed by atoms with Crippen LogP contribution in [0.3, 0.4) is 0 Å². The molecule has 0 fully saturated rings. The van der Waals surface area contributed by atoms with Gasteiger partial charge >= 0.3 is 5.97 Å². The van der Waals surface area contributed by atoms with Crippen molar-refractivity contribution >= 4 is 18.0 Å². The lowest BCUT2D eigenvalue weighted by atomic mass is 10.2. The predicted octanol–water partition coefficient (Wildman–Crippen LogP) is 2.44. The number of rotatable bonds is 7. The Morgan fingerprint density at radius 1 is 1.35 bits per heavy atom.